The number of carbonyl (C=O) groups is 2. The van der Waals surface area contributed by atoms with Gasteiger partial charge in [-0.25, -0.2) is 0 Å². The number of ketones is 1. The van der Waals surface area contributed by atoms with Crippen LogP contribution >= 0.6 is 22.6 Å². The number of halogens is 1. The molecular formula is C22H22INO3. The summed E-state index contributed by atoms with van der Waals surface area (Å²) in [5, 5.41) is 0. The number of piperidine rings is 1. The number of benzene rings is 2. The van der Waals surface area contributed by atoms with Gasteiger partial charge in [-0.15, -0.1) is 0 Å². The van der Waals surface area contributed by atoms with Crippen LogP contribution in [-0.2, 0) is 0 Å². The van der Waals surface area contributed by atoms with Crippen molar-refractivity contribution in [3.05, 3.63) is 62.2 Å². The van der Waals surface area contributed by atoms with Crippen molar-refractivity contribution in [2.24, 2.45) is 0 Å². The van der Waals surface area contributed by atoms with E-state index in [1.807, 2.05) is 55.1 Å². The average molecular weight is 475 g/mol. The van der Waals surface area contributed by atoms with Gasteiger partial charge in [-0.05, 0) is 65.8 Å². The third kappa shape index (κ3) is 3.26. The number of Topliss-reactive ketones (excluding diaryl/α,β-unsaturated/α-hetero) is 1. The first-order valence-electron chi connectivity index (χ1n) is 9.26. The Kier molecular flexibility index (Phi) is 4.74. The number of rotatable bonds is 1. The summed E-state index contributed by atoms with van der Waals surface area (Å²) in [7, 11) is 0. The van der Waals surface area contributed by atoms with E-state index in [4.69, 9.17) is 4.74 Å². The Hall–Kier alpha value is -1.89. The first-order chi connectivity index (χ1) is 12.9. The second-order valence-electron chi connectivity index (χ2n) is 7.54. The van der Waals surface area contributed by atoms with Gasteiger partial charge < -0.3 is 9.64 Å². The van der Waals surface area contributed by atoms with Crippen LogP contribution in [0.3, 0.4) is 0 Å². The summed E-state index contributed by atoms with van der Waals surface area (Å²) in [6, 6.07) is 11.5. The lowest BCUT2D eigenvalue weighted by Gasteiger charge is -2.44. The van der Waals surface area contributed by atoms with Crippen LogP contribution in [0.25, 0.3) is 0 Å². The summed E-state index contributed by atoms with van der Waals surface area (Å²) in [5.74, 6) is 0.949. The Morgan fingerprint density at radius 3 is 2.52 bits per heavy atom. The monoisotopic (exact) mass is 475 g/mol. The standard InChI is InChI=1S/C22H22INO3/c1-14-7-8-17-19(25)13-22(27-20(17)15(14)2)9-11-24(12-10-22)21(26)16-5-3-4-6-18(16)23/h3-8H,9-13H2,1-2H3. The molecule has 2 heterocycles. The summed E-state index contributed by atoms with van der Waals surface area (Å²) in [6.45, 7) is 5.26. The molecule has 0 radical (unpaired) electrons. The molecule has 0 aromatic heterocycles. The predicted molar refractivity (Wildman–Crippen MR) is 113 cm³/mol. The predicted octanol–water partition coefficient (Wildman–Crippen LogP) is 4.55. The van der Waals surface area contributed by atoms with Crippen molar-refractivity contribution in [2.75, 3.05) is 13.1 Å². The van der Waals surface area contributed by atoms with Crippen molar-refractivity contribution < 1.29 is 14.3 Å². The summed E-state index contributed by atoms with van der Waals surface area (Å²) < 4.78 is 7.40. The van der Waals surface area contributed by atoms with Gasteiger partial charge in [0.15, 0.2) is 5.78 Å². The molecule has 2 aromatic rings. The quantitative estimate of drug-likeness (QED) is 0.569. The number of likely N-dealkylation sites (tertiary alicyclic amines) is 1. The molecule has 1 saturated heterocycles. The lowest BCUT2D eigenvalue weighted by molar-refractivity contribution is -0.00622. The molecule has 140 valence electrons. The van der Waals surface area contributed by atoms with Gasteiger partial charge in [-0.2, -0.15) is 0 Å². The fourth-order valence-electron chi connectivity index (χ4n) is 3.98. The second kappa shape index (κ2) is 6.93. The fraction of sp³-hybridized carbons (Fsp3) is 0.364. The van der Waals surface area contributed by atoms with E-state index >= 15 is 0 Å². The van der Waals surface area contributed by atoms with Gasteiger partial charge in [-0.1, -0.05) is 18.2 Å². The van der Waals surface area contributed by atoms with E-state index in [2.05, 4.69) is 22.6 Å². The highest BCUT2D eigenvalue weighted by molar-refractivity contribution is 14.1. The Morgan fingerprint density at radius 1 is 1.11 bits per heavy atom. The minimum absolute atomic E-state index is 0.0596. The first kappa shape index (κ1) is 18.5. The zero-order valence-electron chi connectivity index (χ0n) is 15.5. The Labute approximate surface area is 173 Å². The summed E-state index contributed by atoms with van der Waals surface area (Å²) >= 11 is 2.20. The third-order valence-corrected chi connectivity index (χ3v) is 6.79. The van der Waals surface area contributed by atoms with Crippen molar-refractivity contribution in [3.63, 3.8) is 0 Å². The molecule has 1 amide bonds. The normalized spacial score (nSPS) is 18.2. The molecule has 0 N–H and O–H groups in total. The van der Waals surface area contributed by atoms with Crippen LogP contribution in [0.15, 0.2) is 36.4 Å². The van der Waals surface area contributed by atoms with Crippen LogP contribution in [0.2, 0.25) is 0 Å². The van der Waals surface area contributed by atoms with E-state index in [1.165, 1.54) is 0 Å². The van der Waals surface area contributed by atoms with E-state index in [-0.39, 0.29) is 11.7 Å². The topological polar surface area (TPSA) is 46.6 Å². The van der Waals surface area contributed by atoms with Gasteiger partial charge in [0.1, 0.15) is 11.4 Å². The number of amides is 1. The van der Waals surface area contributed by atoms with Gasteiger partial charge in [0.2, 0.25) is 0 Å². The third-order valence-electron chi connectivity index (χ3n) is 5.84. The van der Waals surface area contributed by atoms with Crippen LogP contribution in [0.1, 0.15) is 51.1 Å². The van der Waals surface area contributed by atoms with Crippen LogP contribution in [0.4, 0.5) is 0 Å². The molecule has 0 saturated carbocycles. The average Bonchev–Trinajstić information content (AvgIpc) is 2.66. The molecule has 2 aliphatic heterocycles. The van der Waals surface area contributed by atoms with Crippen LogP contribution in [0, 0.1) is 17.4 Å². The SMILES string of the molecule is Cc1ccc2c(c1C)OC1(CCN(C(=O)c3ccccc3I)CC1)CC2=O. The van der Waals surface area contributed by atoms with Crippen molar-refractivity contribution in [2.45, 2.75) is 38.7 Å². The van der Waals surface area contributed by atoms with Gasteiger partial charge in [0, 0.05) is 29.5 Å². The van der Waals surface area contributed by atoms with Crippen LogP contribution in [0.5, 0.6) is 5.75 Å². The molecule has 1 spiro atoms. The summed E-state index contributed by atoms with van der Waals surface area (Å²) in [5.41, 5.74) is 3.12. The molecule has 2 aliphatic rings. The smallest absolute Gasteiger partial charge is 0.254 e. The maximum atomic E-state index is 12.9. The van der Waals surface area contributed by atoms with Crippen LogP contribution < -0.4 is 4.74 Å². The van der Waals surface area contributed by atoms with E-state index in [9.17, 15) is 9.59 Å². The number of hydrogen-bond acceptors (Lipinski definition) is 3. The molecule has 0 aliphatic carbocycles. The highest BCUT2D eigenvalue weighted by atomic mass is 127. The summed E-state index contributed by atoms with van der Waals surface area (Å²) in [6.07, 6.45) is 1.76. The zero-order valence-corrected chi connectivity index (χ0v) is 17.7. The van der Waals surface area contributed by atoms with E-state index in [0.717, 1.165) is 26.0 Å². The lowest BCUT2D eigenvalue weighted by atomic mass is 9.81. The van der Waals surface area contributed by atoms with Crippen molar-refractivity contribution in [3.8, 4) is 5.75 Å². The van der Waals surface area contributed by atoms with Gasteiger partial charge in [0.05, 0.1) is 17.5 Å². The minimum atomic E-state index is -0.483. The highest BCUT2D eigenvalue weighted by Crippen LogP contribution is 2.41. The maximum absolute atomic E-state index is 12.9. The molecule has 0 unspecified atom stereocenters. The lowest BCUT2D eigenvalue weighted by Crippen LogP contribution is -2.52. The Balaban J connectivity index is 1.54. The number of ether oxygens (including phenoxy) is 1. The van der Waals surface area contributed by atoms with Gasteiger partial charge in [0.25, 0.3) is 5.91 Å². The minimum Gasteiger partial charge on any atom is -0.486 e. The fourth-order valence-corrected chi connectivity index (χ4v) is 4.60. The molecular weight excluding hydrogens is 453 g/mol. The highest BCUT2D eigenvalue weighted by Gasteiger charge is 2.44. The molecule has 4 nitrogen and oxygen atoms in total. The number of carbonyl (C=O) groups excluding carboxylic acids is 2. The van der Waals surface area contributed by atoms with E-state index in [1.54, 1.807) is 0 Å². The van der Waals surface area contributed by atoms with Crippen molar-refractivity contribution in [1.29, 1.82) is 0 Å². The molecule has 0 atom stereocenters. The number of fused-ring (bicyclic) bond motifs is 1. The first-order valence-corrected chi connectivity index (χ1v) is 10.3. The molecule has 0 bridgehead atoms. The second-order valence-corrected chi connectivity index (χ2v) is 8.70. The molecule has 4 rings (SSSR count). The molecule has 27 heavy (non-hydrogen) atoms. The summed E-state index contributed by atoms with van der Waals surface area (Å²) in [4.78, 5) is 27.5. The van der Waals surface area contributed by atoms with Gasteiger partial charge >= 0.3 is 0 Å². The largest absolute Gasteiger partial charge is 0.486 e. The maximum Gasteiger partial charge on any atom is 0.254 e. The number of aryl methyl sites for hydroxylation is 1. The van der Waals surface area contributed by atoms with E-state index < -0.39 is 5.60 Å². The molecule has 5 heteroatoms. The molecule has 2 aromatic carbocycles. The van der Waals surface area contributed by atoms with Crippen LogP contribution in [-0.4, -0.2) is 35.3 Å². The van der Waals surface area contributed by atoms with Crippen molar-refractivity contribution in [1.82, 2.24) is 4.90 Å². The van der Waals surface area contributed by atoms with Crippen molar-refractivity contribution >= 4 is 34.3 Å². The molecule has 1 fully saturated rings. The number of nitrogens with zero attached hydrogens (tertiary/aromatic N) is 1. The van der Waals surface area contributed by atoms with Gasteiger partial charge in [-0.3, -0.25) is 9.59 Å². The zero-order chi connectivity index (χ0) is 19.2. The Morgan fingerprint density at radius 2 is 1.81 bits per heavy atom. The Bertz CT molecular complexity index is 929. The number of hydrogen-bond donors (Lipinski definition) is 0. The van der Waals surface area contributed by atoms with E-state index in [0.29, 0.717) is 37.9 Å².